The zero-order valence-corrected chi connectivity index (χ0v) is 23.6. The van der Waals surface area contributed by atoms with E-state index in [1.54, 1.807) is 12.1 Å². The first kappa shape index (κ1) is 29.4. The van der Waals surface area contributed by atoms with E-state index in [0.29, 0.717) is 50.0 Å². The van der Waals surface area contributed by atoms with Gasteiger partial charge in [0.1, 0.15) is 6.04 Å². The smallest absolute Gasteiger partial charge is 0.245 e. The van der Waals surface area contributed by atoms with Crippen LogP contribution in [0.4, 0.5) is 0 Å². The third kappa shape index (κ3) is 8.99. The molecule has 1 aromatic rings. The molecule has 37 heavy (non-hydrogen) atoms. The highest BCUT2D eigenvalue weighted by atomic mass is 35.5. The zero-order valence-electron chi connectivity index (χ0n) is 22.9. The van der Waals surface area contributed by atoms with Crippen molar-refractivity contribution >= 4 is 29.3 Å². The predicted molar refractivity (Wildman–Crippen MR) is 148 cm³/mol. The lowest BCUT2D eigenvalue weighted by molar-refractivity contribution is -0.152. The Morgan fingerprint density at radius 2 is 1.68 bits per heavy atom. The highest BCUT2D eigenvalue weighted by Crippen LogP contribution is 2.29. The molecular formula is C29H45ClN4O3. The molecule has 1 N–H and O–H groups in total. The zero-order chi connectivity index (χ0) is 26.8. The van der Waals surface area contributed by atoms with Crippen LogP contribution in [0.3, 0.4) is 0 Å². The highest BCUT2D eigenvalue weighted by molar-refractivity contribution is 6.30. The van der Waals surface area contributed by atoms with Crippen LogP contribution < -0.4 is 5.32 Å². The van der Waals surface area contributed by atoms with Crippen molar-refractivity contribution in [3.05, 3.63) is 34.9 Å². The van der Waals surface area contributed by atoms with Gasteiger partial charge in [0.2, 0.25) is 17.7 Å². The number of carbonyl (C=O) groups excluding carboxylic acids is 3. The lowest BCUT2D eigenvalue weighted by atomic mass is 9.91. The summed E-state index contributed by atoms with van der Waals surface area (Å²) in [5, 5.41) is 3.62. The SMILES string of the molecule is CCCCCC(=O)N(C1CCCCC1)C1CN(C(=O)C(Cc2ccc(Cl)cc2)NC(=O)CCN(C)C)C1. The van der Waals surface area contributed by atoms with Crippen LogP contribution in [-0.2, 0) is 20.8 Å². The fourth-order valence-corrected chi connectivity index (χ4v) is 5.53. The standard InChI is InChI=1S/C29H45ClN4O3/c1-4-5-7-12-28(36)34(24-10-8-6-9-11-24)25-20-33(21-25)29(37)26(31-27(35)17-18-32(2)3)19-22-13-15-23(30)16-14-22/h13-16,24-26H,4-12,17-21H2,1-3H3,(H,31,35). The Morgan fingerprint density at radius 3 is 2.30 bits per heavy atom. The Labute approximate surface area is 227 Å². The molecule has 7 nitrogen and oxygen atoms in total. The second kappa shape index (κ2) is 14.7. The molecule has 1 unspecified atom stereocenters. The molecule has 1 saturated carbocycles. The van der Waals surface area contributed by atoms with Crippen LogP contribution in [0, 0.1) is 0 Å². The number of carbonyl (C=O) groups is 3. The number of nitrogens with zero attached hydrogens (tertiary/aromatic N) is 3. The summed E-state index contributed by atoms with van der Waals surface area (Å²) in [6.45, 7) is 3.85. The van der Waals surface area contributed by atoms with Crippen molar-refractivity contribution < 1.29 is 14.4 Å². The van der Waals surface area contributed by atoms with Crippen molar-refractivity contribution in [3.63, 3.8) is 0 Å². The first-order chi connectivity index (χ1) is 17.8. The predicted octanol–water partition coefficient (Wildman–Crippen LogP) is 4.27. The second-order valence-electron chi connectivity index (χ2n) is 11.0. The molecule has 0 radical (unpaired) electrons. The van der Waals surface area contributed by atoms with Crippen LogP contribution >= 0.6 is 11.6 Å². The molecule has 2 fully saturated rings. The second-order valence-corrected chi connectivity index (χ2v) is 11.4. The van der Waals surface area contributed by atoms with Gasteiger partial charge < -0.3 is 20.0 Å². The Hall–Kier alpha value is -2.12. The molecule has 1 aromatic carbocycles. The van der Waals surface area contributed by atoms with Crippen LogP contribution in [0.5, 0.6) is 0 Å². The van der Waals surface area contributed by atoms with Gasteiger partial charge in [-0.25, -0.2) is 0 Å². The number of hydrogen-bond donors (Lipinski definition) is 1. The minimum atomic E-state index is -0.639. The molecule has 1 heterocycles. The third-order valence-electron chi connectivity index (χ3n) is 7.59. The third-order valence-corrected chi connectivity index (χ3v) is 7.84. The maximum absolute atomic E-state index is 13.6. The van der Waals surface area contributed by atoms with Gasteiger partial charge in [0.25, 0.3) is 0 Å². The fraction of sp³-hybridized carbons (Fsp3) is 0.690. The number of amides is 3. The van der Waals surface area contributed by atoms with E-state index in [9.17, 15) is 14.4 Å². The van der Waals surface area contributed by atoms with E-state index >= 15 is 0 Å². The molecule has 3 rings (SSSR count). The van der Waals surface area contributed by atoms with Crippen molar-refractivity contribution in [1.29, 1.82) is 0 Å². The van der Waals surface area contributed by atoms with Gasteiger partial charge in [-0.1, -0.05) is 62.8 Å². The Bertz CT molecular complexity index is 880. The van der Waals surface area contributed by atoms with Gasteiger partial charge in [-0.3, -0.25) is 14.4 Å². The molecule has 0 spiro atoms. The molecule has 8 heteroatoms. The molecule has 2 aliphatic rings. The molecule has 1 atom stereocenters. The van der Waals surface area contributed by atoms with E-state index in [2.05, 4.69) is 17.1 Å². The van der Waals surface area contributed by atoms with Gasteiger partial charge in [0.05, 0.1) is 6.04 Å². The first-order valence-corrected chi connectivity index (χ1v) is 14.4. The van der Waals surface area contributed by atoms with Crippen molar-refractivity contribution in [1.82, 2.24) is 20.0 Å². The van der Waals surface area contributed by atoms with Gasteiger partial charge in [-0.05, 0) is 51.1 Å². The normalized spacial score (nSPS) is 17.4. The van der Waals surface area contributed by atoms with Gasteiger partial charge in [0, 0.05) is 50.0 Å². The fourth-order valence-electron chi connectivity index (χ4n) is 5.40. The summed E-state index contributed by atoms with van der Waals surface area (Å²) in [5.74, 6) is 0.0339. The first-order valence-electron chi connectivity index (χ1n) is 14.1. The highest BCUT2D eigenvalue weighted by Gasteiger charge is 2.42. The Kier molecular flexibility index (Phi) is 11.7. The minimum absolute atomic E-state index is 0.0711. The van der Waals surface area contributed by atoms with E-state index in [0.717, 1.165) is 37.7 Å². The Morgan fingerprint density at radius 1 is 1.00 bits per heavy atom. The largest absolute Gasteiger partial charge is 0.344 e. The number of likely N-dealkylation sites (tertiary alicyclic amines) is 1. The van der Waals surface area contributed by atoms with Crippen molar-refractivity contribution in [2.45, 2.75) is 95.7 Å². The number of unbranched alkanes of at least 4 members (excludes halogenated alkanes) is 2. The molecule has 1 aliphatic carbocycles. The lowest BCUT2D eigenvalue weighted by Crippen LogP contribution is -2.67. The average molecular weight is 533 g/mol. The van der Waals surface area contributed by atoms with Crippen molar-refractivity contribution in [3.8, 4) is 0 Å². The molecule has 0 aromatic heterocycles. The van der Waals surface area contributed by atoms with Gasteiger partial charge in [-0.15, -0.1) is 0 Å². The number of hydrogen-bond acceptors (Lipinski definition) is 4. The average Bonchev–Trinajstić information content (AvgIpc) is 2.85. The van der Waals surface area contributed by atoms with Gasteiger partial charge in [-0.2, -0.15) is 0 Å². The van der Waals surface area contributed by atoms with E-state index < -0.39 is 6.04 Å². The number of halogens is 1. The summed E-state index contributed by atoms with van der Waals surface area (Å²) in [4.78, 5) is 45.4. The summed E-state index contributed by atoms with van der Waals surface area (Å²) in [5.41, 5.74) is 0.947. The van der Waals surface area contributed by atoms with Crippen molar-refractivity contribution in [2.75, 3.05) is 33.7 Å². The van der Waals surface area contributed by atoms with Crippen LogP contribution in [-0.4, -0.2) is 84.3 Å². The molecular weight excluding hydrogens is 488 g/mol. The van der Waals surface area contributed by atoms with Crippen LogP contribution in [0.15, 0.2) is 24.3 Å². The Balaban J connectivity index is 1.66. The minimum Gasteiger partial charge on any atom is -0.344 e. The number of benzene rings is 1. The molecule has 0 bridgehead atoms. The van der Waals surface area contributed by atoms with E-state index in [1.165, 1.54) is 19.3 Å². The lowest BCUT2D eigenvalue weighted by Gasteiger charge is -2.50. The molecule has 1 saturated heterocycles. The maximum Gasteiger partial charge on any atom is 0.245 e. The molecule has 3 amide bonds. The summed E-state index contributed by atoms with van der Waals surface area (Å²) in [6.07, 6.45) is 10.1. The van der Waals surface area contributed by atoms with Gasteiger partial charge >= 0.3 is 0 Å². The monoisotopic (exact) mass is 532 g/mol. The summed E-state index contributed by atoms with van der Waals surface area (Å²) >= 11 is 6.04. The molecule has 1 aliphatic heterocycles. The number of rotatable bonds is 13. The van der Waals surface area contributed by atoms with Crippen LogP contribution in [0.1, 0.15) is 76.7 Å². The summed E-state index contributed by atoms with van der Waals surface area (Å²) in [6, 6.07) is 7.12. The number of nitrogens with one attached hydrogen (secondary N) is 1. The quantitative estimate of drug-likeness (QED) is 0.385. The topological polar surface area (TPSA) is 73.0 Å². The van der Waals surface area contributed by atoms with Crippen molar-refractivity contribution in [2.24, 2.45) is 0 Å². The summed E-state index contributed by atoms with van der Waals surface area (Å²) < 4.78 is 0. The van der Waals surface area contributed by atoms with E-state index in [1.807, 2.05) is 36.0 Å². The van der Waals surface area contributed by atoms with E-state index in [4.69, 9.17) is 11.6 Å². The van der Waals surface area contributed by atoms with Gasteiger partial charge in [0.15, 0.2) is 0 Å². The van der Waals surface area contributed by atoms with E-state index in [-0.39, 0.29) is 23.8 Å². The molecule has 206 valence electrons. The van der Waals surface area contributed by atoms with Crippen LogP contribution in [0.2, 0.25) is 5.02 Å². The maximum atomic E-state index is 13.6. The summed E-state index contributed by atoms with van der Waals surface area (Å²) in [7, 11) is 3.84. The van der Waals surface area contributed by atoms with Crippen LogP contribution in [0.25, 0.3) is 0 Å².